The highest BCUT2D eigenvalue weighted by Gasteiger charge is 2.34. The third-order valence-electron chi connectivity index (χ3n) is 3.68. The Morgan fingerprint density at radius 1 is 1.21 bits per heavy atom. The van der Waals surface area contributed by atoms with Crippen molar-refractivity contribution in [3.05, 3.63) is 66.0 Å². The molecule has 2 rings (SSSR count). The maximum atomic E-state index is 13.1. The third-order valence-corrected chi connectivity index (χ3v) is 5.04. The van der Waals surface area contributed by atoms with Crippen molar-refractivity contribution in [2.45, 2.75) is 18.0 Å². The van der Waals surface area contributed by atoms with Gasteiger partial charge in [0, 0.05) is 12.8 Å². The quantitative estimate of drug-likeness (QED) is 0.439. The van der Waals surface area contributed by atoms with Crippen molar-refractivity contribution in [3.8, 4) is 0 Å². The summed E-state index contributed by atoms with van der Waals surface area (Å²) in [4.78, 5) is -0.265. The molecule has 0 atom stereocenters. The Bertz CT molecular complexity index is 978. The van der Waals surface area contributed by atoms with Crippen LogP contribution in [0.2, 0.25) is 0 Å². The third kappa shape index (κ3) is 6.11. The number of alkyl halides is 3. The molecule has 0 saturated heterocycles. The average molecular weight is 430 g/mol. The molecule has 7 nitrogen and oxygen atoms in total. The molecule has 29 heavy (non-hydrogen) atoms. The van der Waals surface area contributed by atoms with E-state index in [4.69, 9.17) is 16.3 Å². The number of anilines is 2. The monoisotopic (exact) mass is 430 g/mol. The second-order valence-electron chi connectivity index (χ2n) is 5.89. The maximum absolute atomic E-state index is 13.1. The molecule has 0 saturated carbocycles. The molecule has 0 spiro atoms. The second kappa shape index (κ2) is 9.16. The van der Waals surface area contributed by atoms with Crippen LogP contribution < -0.4 is 21.3 Å². The number of hydrogen-bond acceptors (Lipinski definition) is 6. The SMILES string of the molecule is CCOC/C(N)=C/N(N)c1cccc(S(=O)(=O)Nc2ccccc2C(F)(F)F)c1. The zero-order valence-corrected chi connectivity index (χ0v) is 16.3. The summed E-state index contributed by atoms with van der Waals surface area (Å²) < 4.78 is 71.7. The number of nitrogens with one attached hydrogen (secondary N) is 1. The number of sulfonamides is 1. The molecular weight excluding hydrogens is 409 g/mol. The highest BCUT2D eigenvalue weighted by atomic mass is 32.2. The first-order valence-corrected chi connectivity index (χ1v) is 9.90. The summed E-state index contributed by atoms with van der Waals surface area (Å²) in [5.41, 5.74) is 4.66. The van der Waals surface area contributed by atoms with Crippen LogP contribution in [0, 0.1) is 0 Å². The number of benzene rings is 2. The van der Waals surface area contributed by atoms with Crippen molar-refractivity contribution in [2.75, 3.05) is 22.9 Å². The van der Waals surface area contributed by atoms with Crippen LogP contribution in [0.4, 0.5) is 24.5 Å². The van der Waals surface area contributed by atoms with Gasteiger partial charge in [-0.3, -0.25) is 9.73 Å². The van der Waals surface area contributed by atoms with Gasteiger partial charge in [-0.15, -0.1) is 0 Å². The molecule has 0 radical (unpaired) electrons. The first-order valence-electron chi connectivity index (χ1n) is 8.41. The summed E-state index contributed by atoms with van der Waals surface area (Å²) in [7, 11) is -4.30. The van der Waals surface area contributed by atoms with Crippen molar-refractivity contribution in [3.63, 3.8) is 0 Å². The summed E-state index contributed by atoms with van der Waals surface area (Å²) in [6.45, 7) is 2.39. The van der Waals surface area contributed by atoms with E-state index in [1.54, 1.807) is 6.92 Å². The van der Waals surface area contributed by atoms with Gasteiger partial charge < -0.3 is 10.5 Å². The van der Waals surface area contributed by atoms with Crippen LogP contribution in [0.5, 0.6) is 0 Å². The molecule has 0 heterocycles. The number of nitrogens with two attached hydrogens (primary N) is 2. The van der Waals surface area contributed by atoms with Crippen molar-refractivity contribution in [1.82, 2.24) is 0 Å². The minimum absolute atomic E-state index is 0.137. The lowest BCUT2D eigenvalue weighted by molar-refractivity contribution is -0.136. The molecule has 0 fully saturated rings. The van der Waals surface area contributed by atoms with Gasteiger partial charge in [0.2, 0.25) is 0 Å². The van der Waals surface area contributed by atoms with Crippen molar-refractivity contribution in [1.29, 1.82) is 0 Å². The summed E-state index contributed by atoms with van der Waals surface area (Å²) in [6, 6.07) is 9.69. The number of nitrogens with zero attached hydrogens (tertiary/aromatic N) is 1. The number of halogens is 3. The summed E-state index contributed by atoms with van der Waals surface area (Å²) in [6.07, 6.45) is -3.36. The molecule has 0 aliphatic heterocycles. The predicted molar refractivity (Wildman–Crippen MR) is 104 cm³/mol. The van der Waals surface area contributed by atoms with Crippen LogP contribution in [0.25, 0.3) is 0 Å². The van der Waals surface area contributed by atoms with Gasteiger partial charge in [0.15, 0.2) is 0 Å². The smallest absolute Gasteiger partial charge is 0.399 e. The molecule has 5 N–H and O–H groups in total. The van der Waals surface area contributed by atoms with Crippen LogP contribution in [-0.4, -0.2) is 21.6 Å². The van der Waals surface area contributed by atoms with Crippen molar-refractivity contribution < 1.29 is 26.3 Å². The molecular formula is C18H21F3N4O3S. The summed E-state index contributed by atoms with van der Waals surface area (Å²) in [5.74, 6) is 5.87. The number of rotatable bonds is 8. The number of ether oxygens (including phenoxy) is 1. The van der Waals surface area contributed by atoms with E-state index in [1.807, 2.05) is 4.72 Å². The van der Waals surface area contributed by atoms with E-state index in [2.05, 4.69) is 0 Å². The molecule has 0 aliphatic rings. The number of para-hydroxylation sites is 1. The summed E-state index contributed by atoms with van der Waals surface area (Å²) in [5, 5.41) is 1.09. The Kier molecular flexibility index (Phi) is 7.11. The van der Waals surface area contributed by atoms with Gasteiger partial charge in [-0.2, -0.15) is 13.2 Å². The van der Waals surface area contributed by atoms with E-state index in [0.717, 1.165) is 17.1 Å². The van der Waals surface area contributed by atoms with Crippen molar-refractivity contribution in [2.24, 2.45) is 11.6 Å². The standard InChI is InChI=1S/C18H21F3N4O3S/c1-2-28-12-13(22)11-25(23)14-6-5-7-15(10-14)29(26,27)24-17-9-4-3-8-16(17)18(19,20)21/h3-11,24H,2,12,22-23H2,1H3/b13-11-. The molecule has 2 aromatic carbocycles. The topological polar surface area (TPSA) is 111 Å². The van der Waals surface area contributed by atoms with Gasteiger partial charge >= 0.3 is 6.18 Å². The van der Waals surface area contributed by atoms with Crippen LogP contribution in [0.15, 0.2) is 65.3 Å². The van der Waals surface area contributed by atoms with Gasteiger partial charge in [-0.1, -0.05) is 18.2 Å². The fourth-order valence-corrected chi connectivity index (χ4v) is 3.46. The molecule has 0 aromatic heterocycles. The fourth-order valence-electron chi connectivity index (χ4n) is 2.34. The van der Waals surface area contributed by atoms with Gasteiger partial charge in [-0.05, 0) is 37.3 Å². The number of hydrazine groups is 1. The van der Waals surface area contributed by atoms with Gasteiger partial charge in [0.1, 0.15) is 0 Å². The van der Waals surface area contributed by atoms with E-state index in [0.29, 0.717) is 12.3 Å². The molecule has 158 valence electrons. The lowest BCUT2D eigenvalue weighted by atomic mass is 10.2. The van der Waals surface area contributed by atoms with Crippen LogP contribution in [0.3, 0.4) is 0 Å². The Balaban J connectivity index is 2.30. The molecule has 0 unspecified atom stereocenters. The normalized spacial score (nSPS) is 12.7. The minimum atomic E-state index is -4.71. The van der Waals surface area contributed by atoms with Gasteiger partial charge in [-0.25, -0.2) is 14.3 Å². The zero-order valence-electron chi connectivity index (χ0n) is 15.5. The van der Waals surface area contributed by atoms with E-state index in [9.17, 15) is 21.6 Å². The van der Waals surface area contributed by atoms with Crippen LogP contribution in [0.1, 0.15) is 12.5 Å². The van der Waals surface area contributed by atoms with E-state index >= 15 is 0 Å². The van der Waals surface area contributed by atoms with Crippen LogP contribution in [-0.2, 0) is 20.9 Å². The Hall–Kier alpha value is -2.76. The lowest BCUT2D eigenvalue weighted by Crippen LogP contribution is -2.27. The first-order chi connectivity index (χ1) is 13.5. The first kappa shape index (κ1) is 22.5. The number of hydrogen-bond donors (Lipinski definition) is 3. The lowest BCUT2D eigenvalue weighted by Gasteiger charge is -2.17. The van der Waals surface area contributed by atoms with E-state index in [-0.39, 0.29) is 17.2 Å². The van der Waals surface area contributed by atoms with Crippen LogP contribution >= 0.6 is 0 Å². The molecule has 0 aliphatic carbocycles. The Labute approximate surface area is 166 Å². The Morgan fingerprint density at radius 3 is 2.55 bits per heavy atom. The predicted octanol–water partition coefficient (Wildman–Crippen LogP) is 3.02. The highest BCUT2D eigenvalue weighted by Crippen LogP contribution is 2.35. The van der Waals surface area contributed by atoms with Gasteiger partial charge in [0.25, 0.3) is 10.0 Å². The molecule has 2 aromatic rings. The highest BCUT2D eigenvalue weighted by molar-refractivity contribution is 7.92. The molecule has 11 heteroatoms. The van der Waals surface area contributed by atoms with E-state index < -0.39 is 27.5 Å². The fraction of sp³-hybridized carbons (Fsp3) is 0.222. The Morgan fingerprint density at radius 2 is 1.90 bits per heavy atom. The molecule has 0 amide bonds. The van der Waals surface area contributed by atoms with E-state index in [1.165, 1.54) is 42.6 Å². The van der Waals surface area contributed by atoms with Crippen molar-refractivity contribution >= 4 is 21.4 Å². The minimum Gasteiger partial charge on any atom is -0.399 e. The zero-order chi connectivity index (χ0) is 21.7. The second-order valence-corrected chi connectivity index (χ2v) is 7.58. The summed E-state index contributed by atoms with van der Waals surface area (Å²) >= 11 is 0. The van der Waals surface area contributed by atoms with Gasteiger partial charge in [0.05, 0.1) is 34.1 Å². The molecule has 0 bridgehead atoms. The average Bonchev–Trinajstić information content (AvgIpc) is 2.65. The maximum Gasteiger partial charge on any atom is 0.418 e. The largest absolute Gasteiger partial charge is 0.418 e.